The Hall–Kier alpha value is -2.67. The number of primary amides is 1. The number of amides is 2. The molecule has 2 aromatic rings. The molecule has 2 atom stereocenters. The summed E-state index contributed by atoms with van der Waals surface area (Å²) in [6.07, 6.45) is 1.74. The monoisotopic (exact) mass is 356 g/mol. The first-order valence-electron chi connectivity index (χ1n) is 9.00. The van der Waals surface area contributed by atoms with Gasteiger partial charge in [-0.05, 0) is 38.8 Å². The number of aryl methyl sites for hydroxylation is 1. The van der Waals surface area contributed by atoms with Crippen LogP contribution in [0, 0.1) is 19.8 Å². The largest absolute Gasteiger partial charge is 0.369 e. The standard InChI is InChI=1S/C19H25N5O2/c1-13-18(14(2)24(22-13)16-8-4-3-5-9-16)21-17(25)12-23-10-6-7-15(11-23)19(20)26/h3-5,8-9,15H,6-7,10-12H2,1-2H3,(H2,20,26)(H,21,25)/p+1/t15-/m1/s1. The summed E-state index contributed by atoms with van der Waals surface area (Å²) in [5.74, 6) is -0.460. The van der Waals surface area contributed by atoms with E-state index in [4.69, 9.17) is 5.73 Å². The van der Waals surface area contributed by atoms with Crippen molar-refractivity contribution in [3.8, 4) is 5.69 Å². The quantitative estimate of drug-likeness (QED) is 0.715. The van der Waals surface area contributed by atoms with E-state index in [1.54, 1.807) is 0 Å². The molecule has 1 saturated heterocycles. The molecule has 138 valence electrons. The fourth-order valence-corrected chi connectivity index (χ4v) is 3.61. The highest BCUT2D eigenvalue weighted by Gasteiger charge is 2.28. The Morgan fingerprint density at radius 3 is 2.73 bits per heavy atom. The summed E-state index contributed by atoms with van der Waals surface area (Å²) in [4.78, 5) is 25.0. The van der Waals surface area contributed by atoms with Gasteiger partial charge in [-0.1, -0.05) is 18.2 Å². The van der Waals surface area contributed by atoms with Crippen molar-refractivity contribution >= 4 is 17.5 Å². The number of nitrogens with two attached hydrogens (primary N) is 1. The van der Waals surface area contributed by atoms with Gasteiger partial charge in [0.1, 0.15) is 0 Å². The van der Waals surface area contributed by atoms with E-state index in [9.17, 15) is 9.59 Å². The third-order valence-corrected chi connectivity index (χ3v) is 4.99. The van der Waals surface area contributed by atoms with E-state index in [2.05, 4.69) is 10.4 Å². The minimum atomic E-state index is -0.265. The Morgan fingerprint density at radius 1 is 1.31 bits per heavy atom. The van der Waals surface area contributed by atoms with Crippen LogP contribution in [0.25, 0.3) is 5.69 Å². The summed E-state index contributed by atoms with van der Waals surface area (Å²) < 4.78 is 1.84. The molecular formula is C19H26N5O2+. The zero-order chi connectivity index (χ0) is 18.7. The second kappa shape index (κ2) is 7.70. The SMILES string of the molecule is Cc1nn(-c2ccccc2)c(C)c1NC(=O)C[NH+]1CCC[C@@H](C(N)=O)C1. The van der Waals surface area contributed by atoms with Gasteiger partial charge >= 0.3 is 0 Å². The summed E-state index contributed by atoms with van der Waals surface area (Å²) in [7, 11) is 0. The van der Waals surface area contributed by atoms with Gasteiger partial charge in [0.25, 0.3) is 5.91 Å². The number of nitrogens with zero attached hydrogens (tertiary/aromatic N) is 2. The molecular weight excluding hydrogens is 330 g/mol. The highest BCUT2D eigenvalue weighted by Crippen LogP contribution is 2.22. The highest BCUT2D eigenvalue weighted by atomic mass is 16.2. The van der Waals surface area contributed by atoms with E-state index < -0.39 is 0 Å². The van der Waals surface area contributed by atoms with Crippen molar-refractivity contribution in [3.05, 3.63) is 41.7 Å². The predicted molar refractivity (Wildman–Crippen MR) is 99.1 cm³/mol. The fraction of sp³-hybridized carbons (Fsp3) is 0.421. The van der Waals surface area contributed by atoms with Crippen LogP contribution in [0.4, 0.5) is 5.69 Å². The number of carbonyl (C=O) groups excluding carboxylic acids is 2. The molecule has 0 bridgehead atoms. The molecule has 1 unspecified atom stereocenters. The molecule has 26 heavy (non-hydrogen) atoms. The molecule has 3 rings (SSSR count). The molecule has 7 nitrogen and oxygen atoms in total. The van der Waals surface area contributed by atoms with Crippen molar-refractivity contribution in [2.75, 3.05) is 25.0 Å². The third-order valence-electron chi connectivity index (χ3n) is 4.99. The molecule has 1 aliphatic rings. The second-order valence-electron chi connectivity index (χ2n) is 6.96. The Bertz CT molecular complexity index is 800. The predicted octanol–water partition coefficient (Wildman–Crippen LogP) is 0.208. The number of rotatable bonds is 5. The summed E-state index contributed by atoms with van der Waals surface area (Å²) in [6, 6.07) is 9.83. The summed E-state index contributed by atoms with van der Waals surface area (Å²) in [5.41, 5.74) is 8.80. The molecule has 1 aromatic heterocycles. The van der Waals surface area contributed by atoms with E-state index >= 15 is 0 Å². The maximum Gasteiger partial charge on any atom is 0.279 e. The number of carbonyl (C=O) groups is 2. The molecule has 1 fully saturated rings. The van der Waals surface area contributed by atoms with Crippen LogP contribution in [-0.4, -0.2) is 41.2 Å². The second-order valence-corrected chi connectivity index (χ2v) is 6.96. The zero-order valence-corrected chi connectivity index (χ0v) is 15.3. The first-order valence-corrected chi connectivity index (χ1v) is 9.00. The van der Waals surface area contributed by atoms with Crippen LogP contribution < -0.4 is 16.0 Å². The minimum absolute atomic E-state index is 0.0658. The number of aromatic nitrogens is 2. The van der Waals surface area contributed by atoms with Crippen LogP contribution in [0.1, 0.15) is 24.2 Å². The van der Waals surface area contributed by atoms with E-state index in [0.29, 0.717) is 13.1 Å². The summed E-state index contributed by atoms with van der Waals surface area (Å²) >= 11 is 0. The number of benzene rings is 1. The number of nitrogens with one attached hydrogen (secondary N) is 2. The van der Waals surface area contributed by atoms with E-state index in [0.717, 1.165) is 47.0 Å². The number of para-hydroxylation sites is 1. The van der Waals surface area contributed by atoms with Crippen LogP contribution in [0.15, 0.2) is 30.3 Å². The lowest BCUT2D eigenvalue weighted by Gasteiger charge is -2.27. The molecule has 2 amide bonds. The molecule has 1 aromatic carbocycles. The molecule has 0 spiro atoms. The lowest BCUT2D eigenvalue weighted by Crippen LogP contribution is -3.14. The van der Waals surface area contributed by atoms with Gasteiger partial charge in [-0.25, -0.2) is 4.68 Å². The summed E-state index contributed by atoms with van der Waals surface area (Å²) in [5, 5.41) is 7.55. The topological polar surface area (TPSA) is 94.4 Å². The van der Waals surface area contributed by atoms with Crippen molar-refractivity contribution in [2.24, 2.45) is 11.7 Å². The van der Waals surface area contributed by atoms with Gasteiger partial charge in [-0.3, -0.25) is 9.59 Å². The average molecular weight is 356 g/mol. The van der Waals surface area contributed by atoms with Crippen molar-refractivity contribution in [1.29, 1.82) is 0 Å². The van der Waals surface area contributed by atoms with Crippen LogP contribution in [0.2, 0.25) is 0 Å². The van der Waals surface area contributed by atoms with Gasteiger partial charge in [0, 0.05) is 0 Å². The molecule has 0 radical (unpaired) electrons. The molecule has 4 N–H and O–H groups in total. The Morgan fingerprint density at radius 2 is 2.04 bits per heavy atom. The van der Waals surface area contributed by atoms with Crippen molar-refractivity contribution in [2.45, 2.75) is 26.7 Å². The van der Waals surface area contributed by atoms with E-state index in [-0.39, 0.29) is 17.7 Å². The Balaban J connectivity index is 1.68. The van der Waals surface area contributed by atoms with Gasteiger partial charge in [0.2, 0.25) is 5.91 Å². The summed E-state index contributed by atoms with van der Waals surface area (Å²) in [6.45, 7) is 5.68. The molecule has 0 aliphatic carbocycles. The van der Waals surface area contributed by atoms with Gasteiger partial charge < -0.3 is 16.0 Å². The normalized spacial score (nSPS) is 19.9. The van der Waals surface area contributed by atoms with Crippen molar-refractivity contribution in [1.82, 2.24) is 9.78 Å². The third kappa shape index (κ3) is 3.94. The number of piperidine rings is 1. The highest BCUT2D eigenvalue weighted by molar-refractivity contribution is 5.92. The van der Waals surface area contributed by atoms with E-state index in [1.165, 1.54) is 0 Å². The lowest BCUT2D eigenvalue weighted by atomic mass is 9.97. The maximum atomic E-state index is 12.5. The van der Waals surface area contributed by atoms with Crippen LogP contribution in [-0.2, 0) is 9.59 Å². The van der Waals surface area contributed by atoms with Crippen molar-refractivity contribution in [3.63, 3.8) is 0 Å². The van der Waals surface area contributed by atoms with Gasteiger partial charge in [0.05, 0.1) is 41.8 Å². The lowest BCUT2D eigenvalue weighted by molar-refractivity contribution is -0.899. The number of hydrogen-bond donors (Lipinski definition) is 3. The van der Waals surface area contributed by atoms with E-state index in [1.807, 2.05) is 48.9 Å². The molecule has 2 heterocycles. The number of hydrogen-bond acceptors (Lipinski definition) is 3. The van der Waals surface area contributed by atoms with Gasteiger partial charge in [0.15, 0.2) is 6.54 Å². The van der Waals surface area contributed by atoms with Crippen LogP contribution in [0.5, 0.6) is 0 Å². The fourth-order valence-electron chi connectivity index (χ4n) is 3.61. The average Bonchev–Trinajstić information content (AvgIpc) is 2.91. The minimum Gasteiger partial charge on any atom is -0.369 e. The Labute approximate surface area is 153 Å². The number of quaternary nitrogens is 1. The maximum absolute atomic E-state index is 12.5. The number of likely N-dealkylation sites (tertiary alicyclic amines) is 1. The first kappa shape index (κ1) is 18.1. The van der Waals surface area contributed by atoms with Crippen molar-refractivity contribution < 1.29 is 14.5 Å². The first-order chi connectivity index (χ1) is 12.5. The Kier molecular flexibility index (Phi) is 5.37. The van der Waals surface area contributed by atoms with Gasteiger partial charge in [-0.2, -0.15) is 5.10 Å². The molecule has 0 saturated carbocycles. The van der Waals surface area contributed by atoms with Gasteiger partial charge in [-0.15, -0.1) is 0 Å². The van der Waals surface area contributed by atoms with Crippen LogP contribution in [0.3, 0.4) is 0 Å². The molecule has 1 aliphatic heterocycles. The van der Waals surface area contributed by atoms with Crippen LogP contribution >= 0.6 is 0 Å². The zero-order valence-electron chi connectivity index (χ0n) is 15.3. The smallest absolute Gasteiger partial charge is 0.279 e. The number of anilines is 1. The molecule has 7 heteroatoms.